The van der Waals surface area contributed by atoms with Crippen LogP contribution < -0.4 is 15.4 Å². The van der Waals surface area contributed by atoms with E-state index in [0.29, 0.717) is 10.6 Å². The van der Waals surface area contributed by atoms with E-state index in [2.05, 4.69) is 15.6 Å². The number of hydrogen-bond acceptors (Lipinski definition) is 8. The van der Waals surface area contributed by atoms with E-state index in [4.69, 9.17) is 9.47 Å². The number of thiophene rings is 1. The Bertz CT molecular complexity index is 1350. The molecule has 0 spiro atoms. The molecule has 36 heavy (non-hydrogen) atoms. The zero-order valence-electron chi connectivity index (χ0n) is 19.3. The summed E-state index contributed by atoms with van der Waals surface area (Å²) in [5.41, 5.74) is 1.52. The summed E-state index contributed by atoms with van der Waals surface area (Å²) in [6.07, 6.45) is 2.85. The fourth-order valence-electron chi connectivity index (χ4n) is 3.25. The smallest absolute Gasteiger partial charge is 0.408 e. The number of esters is 1. The van der Waals surface area contributed by atoms with Gasteiger partial charge >= 0.3 is 12.1 Å². The number of nitrogens with one attached hydrogen (secondary N) is 2. The zero-order chi connectivity index (χ0) is 25.3. The van der Waals surface area contributed by atoms with E-state index >= 15 is 0 Å². The maximum absolute atomic E-state index is 12.9. The summed E-state index contributed by atoms with van der Waals surface area (Å²) in [5.74, 6) is -0.804. The summed E-state index contributed by atoms with van der Waals surface area (Å²) in [7, 11) is 0. The highest BCUT2D eigenvalue weighted by atomic mass is 32.2. The van der Waals surface area contributed by atoms with Gasteiger partial charge in [0.15, 0.2) is 0 Å². The molecule has 0 saturated heterocycles. The van der Waals surface area contributed by atoms with Gasteiger partial charge in [-0.3, -0.25) is 9.78 Å². The van der Waals surface area contributed by atoms with Gasteiger partial charge in [0.2, 0.25) is 0 Å². The maximum atomic E-state index is 12.9. The number of pyridine rings is 1. The monoisotopic (exact) mass is 521 g/mol. The van der Waals surface area contributed by atoms with Crippen LogP contribution in [-0.4, -0.2) is 41.8 Å². The van der Waals surface area contributed by atoms with Gasteiger partial charge in [-0.1, -0.05) is 48.5 Å². The van der Waals surface area contributed by atoms with E-state index in [9.17, 15) is 14.4 Å². The molecular weight excluding hydrogens is 498 g/mol. The van der Waals surface area contributed by atoms with Crippen molar-refractivity contribution in [3.8, 4) is 5.75 Å². The van der Waals surface area contributed by atoms with Gasteiger partial charge in [0.05, 0.1) is 15.1 Å². The molecule has 2 aromatic heterocycles. The number of aromatic nitrogens is 1. The van der Waals surface area contributed by atoms with Crippen molar-refractivity contribution in [2.45, 2.75) is 17.5 Å². The fraction of sp³-hybridized carbons (Fsp3) is 0.154. The lowest BCUT2D eigenvalue weighted by atomic mass is 10.2. The third-order valence-electron chi connectivity index (χ3n) is 5.04. The highest BCUT2D eigenvalue weighted by Gasteiger charge is 2.25. The Labute approximate surface area is 216 Å². The summed E-state index contributed by atoms with van der Waals surface area (Å²) >= 11 is 2.89. The number of ether oxygens (including phenoxy) is 2. The lowest BCUT2D eigenvalue weighted by Crippen LogP contribution is -2.50. The standard InChI is InChI=1S/C26H23N3O5S2/c1-35-21-12-13-27-19-14-22(36-23(19)21)24(30)28-15-20(25(31)34-18-10-6-3-7-11-18)29-26(32)33-16-17-8-4-2-5-9-17/h2-14,20H,15-16H2,1H3,(H,28,30)(H,29,32)/t20-/m1/s1. The van der Waals surface area contributed by atoms with Crippen LogP contribution in [0.4, 0.5) is 4.79 Å². The van der Waals surface area contributed by atoms with Crippen molar-refractivity contribution in [2.24, 2.45) is 0 Å². The number of amides is 2. The molecule has 2 heterocycles. The van der Waals surface area contributed by atoms with Crippen molar-refractivity contribution in [1.29, 1.82) is 0 Å². The van der Waals surface area contributed by atoms with Gasteiger partial charge in [-0.2, -0.15) is 0 Å². The number of carbonyl (C=O) groups excluding carboxylic acids is 3. The number of rotatable bonds is 9. The molecule has 4 aromatic rings. The molecule has 0 radical (unpaired) electrons. The average molecular weight is 522 g/mol. The van der Waals surface area contributed by atoms with E-state index in [1.807, 2.05) is 42.7 Å². The van der Waals surface area contributed by atoms with E-state index in [0.717, 1.165) is 20.7 Å². The minimum atomic E-state index is -1.17. The molecule has 0 fully saturated rings. The molecule has 2 amide bonds. The van der Waals surface area contributed by atoms with Crippen molar-refractivity contribution in [2.75, 3.05) is 12.8 Å². The van der Waals surface area contributed by atoms with Gasteiger partial charge in [0.1, 0.15) is 18.4 Å². The molecule has 4 rings (SSSR count). The molecule has 10 heteroatoms. The number of nitrogens with zero attached hydrogens (tertiary/aromatic N) is 1. The lowest BCUT2D eigenvalue weighted by Gasteiger charge is -2.18. The second kappa shape index (κ2) is 12.2. The molecule has 184 valence electrons. The molecule has 2 aromatic carbocycles. The first-order valence-electron chi connectivity index (χ1n) is 11.0. The molecule has 0 bridgehead atoms. The summed E-state index contributed by atoms with van der Waals surface area (Å²) < 4.78 is 11.5. The van der Waals surface area contributed by atoms with Crippen molar-refractivity contribution in [3.05, 3.63) is 89.4 Å². The second-order valence-corrected chi connectivity index (χ2v) is 9.44. The molecular formula is C26H23N3O5S2. The van der Waals surface area contributed by atoms with Crippen LogP contribution >= 0.6 is 23.1 Å². The van der Waals surface area contributed by atoms with Crippen molar-refractivity contribution < 1.29 is 23.9 Å². The molecule has 2 N–H and O–H groups in total. The predicted octanol–water partition coefficient (Wildman–Crippen LogP) is 4.65. The number of fused-ring (bicyclic) bond motifs is 1. The summed E-state index contributed by atoms with van der Waals surface area (Å²) in [6.45, 7) is -0.159. The first-order chi connectivity index (χ1) is 17.5. The van der Waals surface area contributed by atoms with Crippen LogP contribution in [0.3, 0.4) is 0 Å². The van der Waals surface area contributed by atoms with Gasteiger partial charge in [-0.15, -0.1) is 23.1 Å². The van der Waals surface area contributed by atoms with Crippen molar-refractivity contribution in [1.82, 2.24) is 15.6 Å². The minimum Gasteiger partial charge on any atom is -0.445 e. The van der Waals surface area contributed by atoms with E-state index < -0.39 is 18.1 Å². The number of hydrogen-bond donors (Lipinski definition) is 2. The first-order valence-corrected chi connectivity index (χ1v) is 13.0. The molecule has 0 saturated carbocycles. The van der Waals surface area contributed by atoms with Crippen LogP contribution in [0, 0.1) is 0 Å². The SMILES string of the molecule is CSc1ccnc2cc(C(=O)NC[C@@H](NC(=O)OCc3ccccc3)C(=O)Oc3ccccc3)sc12. The van der Waals surface area contributed by atoms with Crippen LogP contribution in [0.25, 0.3) is 10.2 Å². The molecule has 0 aliphatic carbocycles. The molecule has 0 aliphatic rings. The Kier molecular flexibility index (Phi) is 8.53. The molecule has 0 unspecified atom stereocenters. The van der Waals surface area contributed by atoms with E-state index in [-0.39, 0.29) is 19.1 Å². The fourth-order valence-corrected chi connectivity index (χ4v) is 5.05. The van der Waals surface area contributed by atoms with Gasteiger partial charge in [0.25, 0.3) is 5.91 Å². The highest BCUT2D eigenvalue weighted by Crippen LogP contribution is 2.32. The third-order valence-corrected chi connectivity index (χ3v) is 7.10. The average Bonchev–Trinajstić information content (AvgIpc) is 3.35. The normalized spacial score (nSPS) is 11.5. The largest absolute Gasteiger partial charge is 0.445 e. The number of carbonyl (C=O) groups is 3. The molecule has 0 aliphatic heterocycles. The van der Waals surface area contributed by atoms with Crippen LogP contribution in [0.1, 0.15) is 15.2 Å². The minimum absolute atomic E-state index is 0.0338. The summed E-state index contributed by atoms with van der Waals surface area (Å²) in [4.78, 5) is 43.9. The maximum Gasteiger partial charge on any atom is 0.408 e. The first kappa shape index (κ1) is 25.2. The number of para-hydroxylation sites is 1. The van der Waals surface area contributed by atoms with E-state index in [1.165, 1.54) is 11.3 Å². The van der Waals surface area contributed by atoms with Crippen LogP contribution in [0.5, 0.6) is 5.75 Å². The third kappa shape index (κ3) is 6.61. The van der Waals surface area contributed by atoms with E-state index in [1.54, 1.807) is 54.4 Å². The Balaban J connectivity index is 1.43. The predicted molar refractivity (Wildman–Crippen MR) is 139 cm³/mol. The van der Waals surface area contributed by atoms with Gasteiger partial charge in [-0.25, -0.2) is 9.59 Å². The molecule has 8 nitrogen and oxygen atoms in total. The zero-order valence-corrected chi connectivity index (χ0v) is 20.9. The Morgan fingerprint density at radius 1 is 1.03 bits per heavy atom. The van der Waals surface area contributed by atoms with Crippen molar-refractivity contribution >= 4 is 51.3 Å². The number of alkyl carbamates (subject to hydrolysis) is 1. The van der Waals surface area contributed by atoms with Gasteiger partial charge in [-0.05, 0) is 36.1 Å². The summed E-state index contributed by atoms with van der Waals surface area (Å²) in [5, 5.41) is 5.21. The Morgan fingerprint density at radius 3 is 2.47 bits per heavy atom. The summed E-state index contributed by atoms with van der Waals surface area (Å²) in [6, 6.07) is 20.0. The molecule has 1 atom stereocenters. The number of thioether (sulfide) groups is 1. The number of benzene rings is 2. The quantitative estimate of drug-likeness (QED) is 0.188. The lowest BCUT2D eigenvalue weighted by molar-refractivity contribution is -0.136. The van der Waals surface area contributed by atoms with Crippen LogP contribution in [-0.2, 0) is 16.1 Å². The Morgan fingerprint density at radius 2 is 1.75 bits per heavy atom. The topological polar surface area (TPSA) is 107 Å². The van der Waals surface area contributed by atoms with Crippen molar-refractivity contribution in [3.63, 3.8) is 0 Å². The van der Waals surface area contributed by atoms with Gasteiger partial charge < -0.3 is 20.1 Å². The Hall–Kier alpha value is -3.89. The van der Waals surface area contributed by atoms with Crippen LogP contribution in [0.2, 0.25) is 0 Å². The van der Waals surface area contributed by atoms with Gasteiger partial charge in [0, 0.05) is 17.6 Å². The highest BCUT2D eigenvalue weighted by molar-refractivity contribution is 7.99. The van der Waals surface area contributed by atoms with Crippen LogP contribution in [0.15, 0.2) is 83.9 Å². The second-order valence-electron chi connectivity index (χ2n) is 7.54.